The molecule has 0 unspecified atom stereocenters. The molecule has 0 saturated heterocycles. The van der Waals surface area contributed by atoms with E-state index in [1.165, 1.54) is 30.5 Å². The fraction of sp³-hybridized carbons (Fsp3) is 0.375. The van der Waals surface area contributed by atoms with Crippen molar-refractivity contribution in [1.29, 1.82) is 0 Å². The molecular weight excluding hydrogens is 405 g/mol. The van der Waals surface area contributed by atoms with Gasteiger partial charge in [0.1, 0.15) is 11.6 Å². The van der Waals surface area contributed by atoms with Gasteiger partial charge in [0.25, 0.3) is 5.56 Å². The summed E-state index contributed by atoms with van der Waals surface area (Å²) in [5, 5.41) is 0.852. The Balaban J connectivity index is 1.57. The van der Waals surface area contributed by atoms with Crippen molar-refractivity contribution >= 4 is 10.8 Å². The minimum absolute atomic E-state index is 0.0900. The first-order valence-electron chi connectivity index (χ1n) is 10.5. The quantitative estimate of drug-likeness (QED) is 0.602. The van der Waals surface area contributed by atoms with E-state index in [0.29, 0.717) is 43.1 Å². The number of pyridine rings is 1. The van der Waals surface area contributed by atoms with Gasteiger partial charge in [0, 0.05) is 23.7 Å². The van der Waals surface area contributed by atoms with E-state index in [0.717, 1.165) is 6.07 Å². The van der Waals surface area contributed by atoms with Gasteiger partial charge in [-0.1, -0.05) is 6.92 Å². The Labute approximate surface area is 178 Å². The number of halogens is 3. The van der Waals surface area contributed by atoms with Crippen LogP contribution in [0.3, 0.4) is 0 Å². The standard InChI is InChI=1S/C24H25F3N2O2/c1-2-22(28)24(15-10-16(25)12-17(26)11-15)6-3-18(4-7-24)31-21-9-14-5-8-29-23(30)19(14)13-20(21)27/h5,8-13,18,22H,2-4,6-7,28H2,1H3,(H,29,30)/t18-,22-,24-/m1/s1. The van der Waals surface area contributed by atoms with Crippen LogP contribution in [0.4, 0.5) is 13.2 Å². The number of H-pyrrole nitrogens is 1. The van der Waals surface area contributed by atoms with Gasteiger partial charge in [-0.15, -0.1) is 0 Å². The van der Waals surface area contributed by atoms with Gasteiger partial charge >= 0.3 is 0 Å². The molecule has 0 amide bonds. The zero-order chi connectivity index (χ0) is 22.2. The van der Waals surface area contributed by atoms with Crippen LogP contribution in [-0.4, -0.2) is 17.1 Å². The van der Waals surface area contributed by atoms with Crippen molar-refractivity contribution in [3.8, 4) is 5.75 Å². The summed E-state index contributed by atoms with van der Waals surface area (Å²) in [7, 11) is 0. The monoisotopic (exact) mass is 430 g/mol. The van der Waals surface area contributed by atoms with Crippen LogP contribution >= 0.6 is 0 Å². The van der Waals surface area contributed by atoms with E-state index in [-0.39, 0.29) is 28.8 Å². The largest absolute Gasteiger partial charge is 0.487 e. The molecule has 164 valence electrons. The van der Waals surface area contributed by atoms with Crippen LogP contribution in [0, 0.1) is 17.5 Å². The summed E-state index contributed by atoms with van der Waals surface area (Å²) >= 11 is 0. The van der Waals surface area contributed by atoms with Crippen LogP contribution in [-0.2, 0) is 5.41 Å². The Kier molecular flexibility index (Phi) is 5.79. The molecule has 1 atom stereocenters. The van der Waals surface area contributed by atoms with Gasteiger partial charge in [0.05, 0.1) is 11.5 Å². The molecule has 1 aliphatic carbocycles. The smallest absolute Gasteiger partial charge is 0.255 e. The molecule has 7 heteroatoms. The highest BCUT2D eigenvalue weighted by Gasteiger charge is 2.42. The van der Waals surface area contributed by atoms with Crippen LogP contribution in [0.25, 0.3) is 10.8 Å². The van der Waals surface area contributed by atoms with E-state index < -0.39 is 22.9 Å². The Hall–Kier alpha value is -2.80. The molecule has 31 heavy (non-hydrogen) atoms. The Morgan fingerprint density at radius 3 is 2.45 bits per heavy atom. The Morgan fingerprint density at radius 2 is 1.81 bits per heavy atom. The average Bonchev–Trinajstić information content (AvgIpc) is 2.74. The predicted octanol–water partition coefficient (Wildman–Crippen LogP) is 4.94. The number of nitrogens with two attached hydrogens (primary N) is 1. The average molecular weight is 430 g/mol. The minimum Gasteiger partial charge on any atom is -0.487 e. The number of ether oxygens (including phenoxy) is 1. The normalized spacial score (nSPS) is 22.4. The molecule has 3 N–H and O–H groups in total. The molecule has 1 fully saturated rings. The fourth-order valence-electron chi connectivity index (χ4n) is 4.79. The number of fused-ring (bicyclic) bond motifs is 1. The lowest BCUT2D eigenvalue weighted by Crippen LogP contribution is -2.49. The number of benzene rings is 2. The summed E-state index contributed by atoms with van der Waals surface area (Å²) in [6.45, 7) is 1.96. The van der Waals surface area contributed by atoms with Crippen molar-refractivity contribution < 1.29 is 17.9 Å². The lowest BCUT2D eigenvalue weighted by Gasteiger charge is -2.44. The predicted molar refractivity (Wildman–Crippen MR) is 114 cm³/mol. The van der Waals surface area contributed by atoms with E-state index in [2.05, 4.69) is 4.98 Å². The zero-order valence-corrected chi connectivity index (χ0v) is 17.3. The summed E-state index contributed by atoms with van der Waals surface area (Å²) in [6.07, 6.45) is 4.19. The maximum Gasteiger partial charge on any atom is 0.255 e. The highest BCUT2D eigenvalue weighted by molar-refractivity contribution is 5.82. The summed E-state index contributed by atoms with van der Waals surface area (Å²) in [5.41, 5.74) is 6.08. The van der Waals surface area contributed by atoms with Gasteiger partial charge in [0.15, 0.2) is 11.6 Å². The summed E-state index contributed by atoms with van der Waals surface area (Å²) in [6, 6.07) is 7.71. The second kappa shape index (κ2) is 8.38. The number of nitrogens with one attached hydrogen (secondary N) is 1. The van der Waals surface area contributed by atoms with E-state index in [1.807, 2.05) is 6.92 Å². The molecule has 0 spiro atoms. The van der Waals surface area contributed by atoms with Gasteiger partial charge in [-0.2, -0.15) is 0 Å². The fourth-order valence-corrected chi connectivity index (χ4v) is 4.79. The molecular formula is C24H25F3N2O2. The summed E-state index contributed by atoms with van der Waals surface area (Å²) < 4.78 is 48.3. The van der Waals surface area contributed by atoms with Gasteiger partial charge in [-0.3, -0.25) is 4.79 Å². The molecule has 2 aromatic carbocycles. The van der Waals surface area contributed by atoms with Crippen LogP contribution in [0.5, 0.6) is 5.75 Å². The summed E-state index contributed by atoms with van der Waals surface area (Å²) in [4.78, 5) is 14.4. The highest BCUT2D eigenvalue weighted by Crippen LogP contribution is 2.44. The molecule has 3 aromatic rings. The molecule has 1 aliphatic rings. The molecule has 4 nitrogen and oxygen atoms in total. The third-order valence-electron chi connectivity index (χ3n) is 6.53. The lowest BCUT2D eigenvalue weighted by atomic mass is 9.64. The van der Waals surface area contributed by atoms with Crippen molar-refractivity contribution in [2.45, 2.75) is 56.6 Å². The lowest BCUT2D eigenvalue weighted by molar-refractivity contribution is 0.0998. The number of hydrogen-bond acceptors (Lipinski definition) is 3. The first kappa shape index (κ1) is 21.4. The Morgan fingerprint density at radius 1 is 1.13 bits per heavy atom. The zero-order valence-electron chi connectivity index (χ0n) is 17.3. The first-order valence-corrected chi connectivity index (χ1v) is 10.5. The van der Waals surface area contributed by atoms with Crippen LogP contribution in [0.15, 0.2) is 47.4 Å². The second-order valence-corrected chi connectivity index (χ2v) is 8.32. The number of aromatic amines is 1. The number of hydrogen-bond donors (Lipinski definition) is 2. The molecule has 1 saturated carbocycles. The molecule has 1 heterocycles. The SMILES string of the molecule is CC[C@@H](N)[C@]1(c2cc(F)cc(F)c2)CC[C@@H](Oc2cc3cc[nH]c(=O)c3cc2F)CC1. The van der Waals surface area contributed by atoms with E-state index >= 15 is 0 Å². The molecule has 1 aromatic heterocycles. The van der Waals surface area contributed by atoms with E-state index in [1.54, 1.807) is 6.07 Å². The molecule has 0 radical (unpaired) electrons. The van der Waals surface area contributed by atoms with Gasteiger partial charge in [-0.25, -0.2) is 13.2 Å². The van der Waals surface area contributed by atoms with Crippen LogP contribution in [0.1, 0.15) is 44.6 Å². The molecule has 0 bridgehead atoms. The van der Waals surface area contributed by atoms with Crippen molar-refractivity contribution in [3.05, 3.63) is 76.0 Å². The third kappa shape index (κ3) is 4.06. The summed E-state index contributed by atoms with van der Waals surface area (Å²) in [5.74, 6) is -1.75. The molecule has 0 aliphatic heterocycles. The second-order valence-electron chi connectivity index (χ2n) is 8.32. The van der Waals surface area contributed by atoms with E-state index in [4.69, 9.17) is 10.5 Å². The molecule has 4 rings (SSSR count). The highest BCUT2D eigenvalue weighted by atomic mass is 19.1. The van der Waals surface area contributed by atoms with Crippen LogP contribution < -0.4 is 16.0 Å². The third-order valence-corrected chi connectivity index (χ3v) is 6.53. The van der Waals surface area contributed by atoms with Crippen molar-refractivity contribution in [2.24, 2.45) is 5.73 Å². The maximum absolute atomic E-state index is 14.6. The van der Waals surface area contributed by atoms with Crippen molar-refractivity contribution in [2.75, 3.05) is 0 Å². The van der Waals surface area contributed by atoms with Crippen LogP contribution in [0.2, 0.25) is 0 Å². The van der Waals surface area contributed by atoms with E-state index in [9.17, 15) is 18.0 Å². The Bertz CT molecular complexity index is 1130. The van der Waals surface area contributed by atoms with Crippen molar-refractivity contribution in [1.82, 2.24) is 4.98 Å². The topological polar surface area (TPSA) is 68.1 Å². The maximum atomic E-state index is 14.6. The first-order chi connectivity index (χ1) is 14.8. The van der Waals surface area contributed by atoms with Gasteiger partial charge in [-0.05, 0) is 73.4 Å². The van der Waals surface area contributed by atoms with Gasteiger partial charge < -0.3 is 15.5 Å². The minimum atomic E-state index is -0.621. The van der Waals surface area contributed by atoms with Crippen molar-refractivity contribution in [3.63, 3.8) is 0 Å². The number of aromatic nitrogens is 1. The number of rotatable bonds is 5. The van der Waals surface area contributed by atoms with Gasteiger partial charge in [0.2, 0.25) is 0 Å².